The van der Waals surface area contributed by atoms with Crippen molar-refractivity contribution in [2.75, 3.05) is 4.90 Å². The monoisotopic (exact) mass is 404 g/mol. The van der Waals surface area contributed by atoms with Gasteiger partial charge in [0.25, 0.3) is 5.91 Å². The van der Waals surface area contributed by atoms with Crippen LogP contribution in [0.2, 0.25) is 0 Å². The molecule has 2 aromatic heterocycles. The molecule has 0 fully saturated rings. The highest BCUT2D eigenvalue weighted by atomic mass is 32.1. The minimum Gasteiger partial charge on any atom is -0.508 e. The van der Waals surface area contributed by atoms with Crippen LogP contribution >= 0.6 is 11.3 Å². The molecule has 3 heterocycles. The Hall–Kier alpha value is -3.45. The number of rotatable bonds is 2. The van der Waals surface area contributed by atoms with Crippen molar-refractivity contribution in [1.82, 2.24) is 4.98 Å². The molecule has 144 valence electrons. The number of benzene rings is 2. The maximum Gasteiger partial charge on any atom is 0.297 e. The number of phenolic OH excluding ortho intramolecular Hbond substituents is 1. The topological polar surface area (TPSA) is 83.6 Å². The molecule has 2 aromatic carbocycles. The lowest BCUT2D eigenvalue weighted by Gasteiger charge is -2.22. The third-order valence-electron chi connectivity index (χ3n) is 5.21. The number of anilines is 1. The highest BCUT2D eigenvalue weighted by Gasteiger charge is 2.45. The smallest absolute Gasteiger partial charge is 0.297 e. The van der Waals surface area contributed by atoms with Crippen LogP contribution < -0.4 is 10.3 Å². The molecule has 5 rings (SSSR count). The van der Waals surface area contributed by atoms with Gasteiger partial charge in [0.1, 0.15) is 11.3 Å². The number of fused-ring (bicyclic) bond motifs is 2. The van der Waals surface area contributed by atoms with Crippen LogP contribution in [0.15, 0.2) is 57.7 Å². The van der Waals surface area contributed by atoms with Gasteiger partial charge < -0.3 is 9.52 Å². The van der Waals surface area contributed by atoms with Crippen LogP contribution in [-0.4, -0.2) is 16.0 Å². The van der Waals surface area contributed by atoms with Gasteiger partial charge in [0.2, 0.25) is 5.76 Å². The van der Waals surface area contributed by atoms with Gasteiger partial charge in [-0.05, 0) is 43.7 Å². The number of hydrogen-bond donors (Lipinski definition) is 1. The predicted molar refractivity (Wildman–Crippen MR) is 111 cm³/mol. The van der Waals surface area contributed by atoms with Crippen molar-refractivity contribution in [1.29, 1.82) is 0 Å². The van der Waals surface area contributed by atoms with E-state index in [1.807, 2.05) is 13.8 Å². The lowest BCUT2D eigenvalue weighted by molar-refractivity contribution is 0.0971. The van der Waals surface area contributed by atoms with E-state index in [9.17, 15) is 14.7 Å². The molecule has 0 spiro atoms. The molecular formula is C22H16N2O4S. The zero-order valence-corrected chi connectivity index (χ0v) is 16.5. The standard InChI is InChI=1S/C22H16N2O4S/c1-11-12(2)29-22(23-11)24-18(13-7-9-14(25)10-8-13)17-19(26)15-5-3-4-6-16(15)28-20(17)21(24)27/h3-10,18,25H,1-2H3/t18-/m1/s1. The molecule has 1 atom stereocenters. The maximum absolute atomic E-state index is 13.4. The Bertz CT molecular complexity index is 1320. The summed E-state index contributed by atoms with van der Waals surface area (Å²) in [5, 5.41) is 10.6. The lowest BCUT2D eigenvalue weighted by Crippen LogP contribution is -2.29. The quantitative estimate of drug-likeness (QED) is 0.538. The molecule has 0 saturated carbocycles. The molecule has 0 bridgehead atoms. The molecule has 1 N–H and O–H groups in total. The molecule has 1 aliphatic heterocycles. The van der Waals surface area contributed by atoms with Crippen molar-refractivity contribution in [3.63, 3.8) is 0 Å². The summed E-state index contributed by atoms with van der Waals surface area (Å²) in [6.45, 7) is 3.83. The van der Waals surface area contributed by atoms with Gasteiger partial charge in [0.15, 0.2) is 10.6 Å². The Morgan fingerprint density at radius 1 is 1.07 bits per heavy atom. The van der Waals surface area contributed by atoms with Crippen LogP contribution in [0.25, 0.3) is 11.0 Å². The number of nitrogens with zero attached hydrogens (tertiary/aromatic N) is 2. The number of carbonyl (C=O) groups excluding carboxylic acids is 1. The molecule has 0 radical (unpaired) electrons. The SMILES string of the molecule is Cc1nc(N2C(=O)c3oc4ccccc4c(=O)c3[C@H]2c2ccc(O)cc2)sc1C. The van der Waals surface area contributed by atoms with Gasteiger partial charge >= 0.3 is 0 Å². The number of thiazole rings is 1. The summed E-state index contributed by atoms with van der Waals surface area (Å²) in [5.41, 5.74) is 1.97. The summed E-state index contributed by atoms with van der Waals surface area (Å²) in [6, 6.07) is 12.7. The Kier molecular flexibility index (Phi) is 3.82. The second-order valence-electron chi connectivity index (χ2n) is 6.98. The Labute approximate surface area is 169 Å². The summed E-state index contributed by atoms with van der Waals surface area (Å²) in [5.74, 6) is -0.247. The van der Waals surface area contributed by atoms with Gasteiger partial charge in [0, 0.05) is 4.88 Å². The lowest BCUT2D eigenvalue weighted by atomic mass is 9.98. The van der Waals surface area contributed by atoms with Crippen LogP contribution in [0.4, 0.5) is 5.13 Å². The second-order valence-corrected chi connectivity index (χ2v) is 8.16. The van der Waals surface area contributed by atoms with Crippen molar-refractivity contribution in [2.24, 2.45) is 0 Å². The molecule has 0 unspecified atom stereocenters. The highest BCUT2D eigenvalue weighted by Crippen LogP contribution is 2.43. The van der Waals surface area contributed by atoms with Gasteiger partial charge in [-0.15, -0.1) is 11.3 Å². The molecule has 1 aliphatic rings. The molecule has 1 amide bonds. The first-order chi connectivity index (χ1) is 14.0. The number of hydrogen-bond acceptors (Lipinski definition) is 6. The third kappa shape index (κ3) is 2.58. The van der Waals surface area contributed by atoms with Crippen LogP contribution in [0.5, 0.6) is 5.75 Å². The van der Waals surface area contributed by atoms with E-state index in [1.54, 1.807) is 36.4 Å². The summed E-state index contributed by atoms with van der Waals surface area (Å²) >= 11 is 1.40. The van der Waals surface area contributed by atoms with E-state index < -0.39 is 11.9 Å². The van der Waals surface area contributed by atoms with Gasteiger partial charge in [-0.1, -0.05) is 24.3 Å². The summed E-state index contributed by atoms with van der Waals surface area (Å²) < 4.78 is 5.90. The van der Waals surface area contributed by atoms with Crippen molar-refractivity contribution in [3.05, 3.63) is 86.2 Å². The van der Waals surface area contributed by atoms with E-state index in [0.717, 1.165) is 10.6 Å². The molecular weight excluding hydrogens is 388 g/mol. The van der Waals surface area contributed by atoms with Gasteiger partial charge in [0.05, 0.1) is 22.7 Å². The number of aromatic nitrogens is 1. The Balaban J connectivity index is 1.82. The average Bonchev–Trinajstić information content (AvgIpc) is 3.19. The summed E-state index contributed by atoms with van der Waals surface area (Å²) in [4.78, 5) is 33.8. The van der Waals surface area contributed by atoms with E-state index in [1.165, 1.54) is 28.4 Å². The van der Waals surface area contributed by atoms with Crippen molar-refractivity contribution >= 4 is 33.3 Å². The minimum absolute atomic E-state index is 0.0391. The second kappa shape index (κ2) is 6.28. The molecule has 0 aliphatic carbocycles. The van der Waals surface area contributed by atoms with Crippen LogP contribution in [0.1, 0.15) is 38.3 Å². The van der Waals surface area contributed by atoms with E-state index >= 15 is 0 Å². The number of carbonyl (C=O) groups is 1. The first-order valence-electron chi connectivity index (χ1n) is 9.08. The number of para-hydroxylation sites is 1. The molecule has 29 heavy (non-hydrogen) atoms. The number of amides is 1. The third-order valence-corrected chi connectivity index (χ3v) is 6.28. The molecule has 0 saturated heterocycles. The molecule has 4 aromatic rings. The van der Waals surface area contributed by atoms with E-state index in [-0.39, 0.29) is 16.9 Å². The fourth-order valence-corrected chi connectivity index (χ4v) is 4.58. The predicted octanol–water partition coefficient (Wildman–Crippen LogP) is 4.32. The number of aromatic hydroxyl groups is 1. The van der Waals surface area contributed by atoms with Crippen molar-refractivity contribution in [3.8, 4) is 5.75 Å². The minimum atomic E-state index is -0.677. The van der Waals surface area contributed by atoms with Crippen LogP contribution in [-0.2, 0) is 0 Å². The number of aryl methyl sites for hydroxylation is 2. The van der Waals surface area contributed by atoms with Gasteiger partial charge in [-0.3, -0.25) is 14.5 Å². The fraction of sp³-hybridized carbons (Fsp3) is 0.136. The van der Waals surface area contributed by atoms with Crippen LogP contribution in [0.3, 0.4) is 0 Å². The average molecular weight is 404 g/mol. The van der Waals surface area contributed by atoms with E-state index in [4.69, 9.17) is 4.42 Å². The van der Waals surface area contributed by atoms with Crippen molar-refractivity contribution in [2.45, 2.75) is 19.9 Å². The zero-order valence-electron chi connectivity index (χ0n) is 15.7. The number of phenols is 1. The molecule has 7 heteroatoms. The Morgan fingerprint density at radius 2 is 1.79 bits per heavy atom. The largest absolute Gasteiger partial charge is 0.508 e. The maximum atomic E-state index is 13.4. The van der Waals surface area contributed by atoms with Crippen molar-refractivity contribution < 1.29 is 14.3 Å². The van der Waals surface area contributed by atoms with Gasteiger partial charge in [-0.25, -0.2) is 4.98 Å². The molecule has 6 nitrogen and oxygen atoms in total. The van der Waals surface area contributed by atoms with E-state index in [2.05, 4.69) is 4.98 Å². The van der Waals surface area contributed by atoms with E-state index in [0.29, 0.717) is 27.2 Å². The zero-order chi connectivity index (χ0) is 20.3. The normalized spacial score (nSPS) is 15.9. The Morgan fingerprint density at radius 3 is 2.48 bits per heavy atom. The highest BCUT2D eigenvalue weighted by molar-refractivity contribution is 7.15. The summed E-state index contributed by atoms with van der Waals surface area (Å²) in [7, 11) is 0. The summed E-state index contributed by atoms with van der Waals surface area (Å²) in [6.07, 6.45) is 0. The first-order valence-corrected chi connectivity index (χ1v) is 9.89. The van der Waals surface area contributed by atoms with Gasteiger partial charge in [-0.2, -0.15) is 0 Å². The fourth-order valence-electron chi connectivity index (χ4n) is 3.65. The van der Waals surface area contributed by atoms with Crippen LogP contribution in [0, 0.1) is 13.8 Å². The first kappa shape index (κ1) is 17.6.